The fraction of sp³-hybridized carbons (Fsp3) is 0.357. The lowest BCUT2D eigenvalue weighted by molar-refractivity contribution is -0.137. The molecule has 0 bridgehead atoms. The summed E-state index contributed by atoms with van der Waals surface area (Å²) in [6.07, 6.45) is -1.15. The van der Waals surface area contributed by atoms with Crippen molar-refractivity contribution < 1.29 is 13.2 Å². The first-order valence-electron chi connectivity index (χ1n) is 6.54. The van der Waals surface area contributed by atoms with Gasteiger partial charge in [-0.25, -0.2) is 0 Å². The minimum absolute atomic E-state index is 0.104. The predicted octanol–water partition coefficient (Wildman–Crippen LogP) is 4.02. The van der Waals surface area contributed by atoms with Gasteiger partial charge in [0.1, 0.15) is 0 Å². The molecule has 118 valence electrons. The van der Waals surface area contributed by atoms with Crippen LogP contribution in [0.4, 0.5) is 13.2 Å². The summed E-state index contributed by atoms with van der Waals surface area (Å²) in [6, 6.07) is 5.01. The van der Waals surface area contributed by atoms with E-state index < -0.39 is 11.7 Å². The van der Waals surface area contributed by atoms with Gasteiger partial charge in [0, 0.05) is 5.92 Å². The van der Waals surface area contributed by atoms with E-state index >= 15 is 0 Å². The summed E-state index contributed by atoms with van der Waals surface area (Å²) in [4.78, 5) is 0. The van der Waals surface area contributed by atoms with Crippen molar-refractivity contribution in [2.75, 3.05) is 6.26 Å². The molecule has 0 aliphatic carbocycles. The second-order valence-electron chi connectivity index (χ2n) is 4.88. The van der Waals surface area contributed by atoms with Gasteiger partial charge in [-0.2, -0.15) is 22.9 Å². The first-order valence-corrected chi connectivity index (χ1v) is 7.76. The van der Waals surface area contributed by atoms with Crippen LogP contribution in [0.3, 0.4) is 0 Å². The van der Waals surface area contributed by atoms with Gasteiger partial charge in [0.05, 0.1) is 11.8 Å². The second kappa shape index (κ2) is 6.51. The Labute approximate surface area is 130 Å². The molecule has 0 aliphatic rings. The SMILES string of the molecule is CSc1nnc(C(C)C)n1/N=C\c1cccc(C(F)(F)F)c1. The van der Waals surface area contributed by atoms with E-state index in [9.17, 15) is 13.2 Å². The van der Waals surface area contributed by atoms with Crippen LogP contribution in [0.15, 0.2) is 34.5 Å². The molecule has 4 nitrogen and oxygen atoms in total. The minimum atomic E-state index is -4.37. The third kappa shape index (κ3) is 3.68. The standard InChI is InChI=1S/C14H15F3N4S/c1-9(2)12-19-20-13(22-3)21(12)18-8-10-5-4-6-11(7-10)14(15,16)17/h4-9H,1-3H3/b18-8-. The Morgan fingerprint density at radius 3 is 2.59 bits per heavy atom. The number of alkyl halides is 3. The smallest absolute Gasteiger partial charge is 0.191 e. The van der Waals surface area contributed by atoms with Crippen molar-refractivity contribution in [3.8, 4) is 0 Å². The Morgan fingerprint density at radius 1 is 1.27 bits per heavy atom. The van der Waals surface area contributed by atoms with Gasteiger partial charge in [-0.15, -0.1) is 10.2 Å². The Bertz CT molecular complexity index is 677. The van der Waals surface area contributed by atoms with E-state index in [0.29, 0.717) is 16.5 Å². The van der Waals surface area contributed by atoms with E-state index in [1.165, 1.54) is 24.0 Å². The average molecular weight is 328 g/mol. The number of hydrogen-bond acceptors (Lipinski definition) is 4. The maximum absolute atomic E-state index is 12.7. The molecular formula is C14H15F3N4S. The van der Waals surface area contributed by atoms with E-state index in [-0.39, 0.29) is 5.92 Å². The number of nitrogens with zero attached hydrogens (tertiary/aromatic N) is 4. The Hall–Kier alpha value is -1.83. The summed E-state index contributed by atoms with van der Waals surface area (Å²) in [5.74, 6) is 0.764. The Morgan fingerprint density at radius 2 is 2.00 bits per heavy atom. The molecule has 0 spiro atoms. The quantitative estimate of drug-likeness (QED) is 0.629. The van der Waals surface area contributed by atoms with E-state index in [1.807, 2.05) is 20.1 Å². The molecule has 22 heavy (non-hydrogen) atoms. The molecule has 8 heteroatoms. The lowest BCUT2D eigenvalue weighted by Crippen LogP contribution is -2.05. The molecule has 1 aromatic heterocycles. The first-order chi connectivity index (χ1) is 10.3. The van der Waals surface area contributed by atoms with Gasteiger partial charge in [-0.05, 0) is 24.0 Å². The Balaban J connectivity index is 2.35. The normalized spacial score (nSPS) is 12.5. The molecule has 0 aliphatic heterocycles. The summed E-state index contributed by atoms with van der Waals surface area (Å²) in [5.41, 5.74) is -0.334. The van der Waals surface area contributed by atoms with Crippen molar-refractivity contribution >= 4 is 18.0 Å². The van der Waals surface area contributed by atoms with E-state index in [4.69, 9.17) is 0 Å². The predicted molar refractivity (Wildman–Crippen MR) is 80.3 cm³/mol. The third-order valence-corrected chi connectivity index (χ3v) is 3.49. The summed E-state index contributed by atoms with van der Waals surface area (Å²) in [7, 11) is 0. The van der Waals surface area contributed by atoms with Crippen molar-refractivity contribution in [1.29, 1.82) is 0 Å². The highest BCUT2D eigenvalue weighted by Gasteiger charge is 2.30. The van der Waals surface area contributed by atoms with Gasteiger partial charge in [0.2, 0.25) is 5.16 Å². The molecule has 0 N–H and O–H groups in total. The molecule has 0 fully saturated rings. The molecule has 2 aromatic rings. The monoisotopic (exact) mass is 328 g/mol. The lowest BCUT2D eigenvalue weighted by Gasteiger charge is -2.07. The lowest BCUT2D eigenvalue weighted by atomic mass is 10.1. The molecule has 2 rings (SSSR count). The molecular weight excluding hydrogens is 313 g/mol. The van der Waals surface area contributed by atoms with Gasteiger partial charge in [0.15, 0.2) is 5.82 Å². The average Bonchev–Trinajstić information content (AvgIpc) is 2.87. The highest BCUT2D eigenvalue weighted by molar-refractivity contribution is 7.98. The van der Waals surface area contributed by atoms with Crippen LogP contribution in [0.25, 0.3) is 0 Å². The fourth-order valence-electron chi connectivity index (χ4n) is 1.79. The van der Waals surface area contributed by atoms with Crippen LogP contribution in [-0.4, -0.2) is 27.3 Å². The summed E-state index contributed by atoms with van der Waals surface area (Å²) in [6.45, 7) is 3.90. The zero-order chi connectivity index (χ0) is 16.3. The number of benzene rings is 1. The molecule has 0 saturated heterocycles. The number of aromatic nitrogens is 3. The van der Waals surface area contributed by atoms with Crippen molar-refractivity contribution in [1.82, 2.24) is 14.9 Å². The van der Waals surface area contributed by atoms with Gasteiger partial charge in [-0.3, -0.25) is 0 Å². The fourth-order valence-corrected chi connectivity index (χ4v) is 2.23. The summed E-state index contributed by atoms with van der Waals surface area (Å²) in [5, 5.41) is 12.9. The number of halogens is 3. The minimum Gasteiger partial charge on any atom is -0.191 e. The van der Waals surface area contributed by atoms with Gasteiger partial charge < -0.3 is 0 Å². The second-order valence-corrected chi connectivity index (χ2v) is 5.65. The first kappa shape index (κ1) is 16.5. The molecule has 1 heterocycles. The van der Waals surface area contributed by atoms with Crippen molar-refractivity contribution in [3.05, 3.63) is 41.2 Å². The molecule has 0 saturated carbocycles. The number of thioether (sulfide) groups is 1. The molecule has 0 unspecified atom stereocenters. The zero-order valence-corrected chi connectivity index (χ0v) is 13.1. The van der Waals surface area contributed by atoms with Crippen molar-refractivity contribution in [2.24, 2.45) is 5.10 Å². The summed E-state index contributed by atoms with van der Waals surface area (Å²) < 4.78 is 39.6. The van der Waals surface area contributed by atoms with E-state index in [0.717, 1.165) is 12.1 Å². The highest BCUT2D eigenvalue weighted by atomic mass is 32.2. The number of hydrogen-bond donors (Lipinski definition) is 0. The third-order valence-electron chi connectivity index (χ3n) is 2.87. The maximum Gasteiger partial charge on any atom is 0.416 e. The van der Waals surface area contributed by atoms with Crippen molar-refractivity contribution in [3.63, 3.8) is 0 Å². The van der Waals surface area contributed by atoms with Crippen LogP contribution in [0.2, 0.25) is 0 Å². The maximum atomic E-state index is 12.7. The topological polar surface area (TPSA) is 43.1 Å². The van der Waals surface area contributed by atoms with Crippen LogP contribution in [0, 0.1) is 0 Å². The largest absolute Gasteiger partial charge is 0.416 e. The van der Waals surface area contributed by atoms with Gasteiger partial charge in [-0.1, -0.05) is 37.7 Å². The van der Waals surface area contributed by atoms with Crippen LogP contribution in [-0.2, 0) is 6.18 Å². The number of rotatable bonds is 4. The molecule has 0 amide bonds. The Kier molecular flexibility index (Phi) is 4.90. The zero-order valence-electron chi connectivity index (χ0n) is 12.3. The molecule has 0 atom stereocenters. The molecule has 1 aromatic carbocycles. The van der Waals surface area contributed by atoms with Crippen LogP contribution < -0.4 is 0 Å². The van der Waals surface area contributed by atoms with Crippen LogP contribution in [0.1, 0.15) is 36.7 Å². The van der Waals surface area contributed by atoms with Gasteiger partial charge >= 0.3 is 6.18 Å². The highest BCUT2D eigenvalue weighted by Crippen LogP contribution is 2.29. The van der Waals surface area contributed by atoms with Gasteiger partial charge in [0.25, 0.3) is 0 Å². The van der Waals surface area contributed by atoms with E-state index in [2.05, 4.69) is 15.3 Å². The molecule has 0 radical (unpaired) electrons. The van der Waals surface area contributed by atoms with Crippen molar-refractivity contribution in [2.45, 2.75) is 31.1 Å². The van der Waals surface area contributed by atoms with Crippen LogP contribution >= 0.6 is 11.8 Å². The van der Waals surface area contributed by atoms with E-state index in [1.54, 1.807) is 10.7 Å². The summed E-state index contributed by atoms with van der Waals surface area (Å²) >= 11 is 1.37. The van der Waals surface area contributed by atoms with Crippen LogP contribution in [0.5, 0.6) is 0 Å².